The van der Waals surface area contributed by atoms with Gasteiger partial charge in [0.25, 0.3) is 0 Å². The Hall–Kier alpha value is -1.64. The summed E-state index contributed by atoms with van der Waals surface area (Å²) in [6.07, 6.45) is 4.09. The molecule has 17 heavy (non-hydrogen) atoms. The number of rotatable bonds is 3. The van der Waals surface area contributed by atoms with E-state index in [2.05, 4.69) is 6.08 Å². The summed E-state index contributed by atoms with van der Waals surface area (Å²) < 4.78 is 16.9. The molecular weight excluding hydrogens is 216 g/mol. The second-order valence-corrected chi connectivity index (χ2v) is 4.49. The highest BCUT2D eigenvalue weighted by Crippen LogP contribution is 2.44. The first kappa shape index (κ1) is 11.8. The minimum absolute atomic E-state index is 0.314. The van der Waals surface area contributed by atoms with E-state index in [-0.39, 0.29) is 5.60 Å². The number of methoxy groups -OCH3 is 1. The minimum atomic E-state index is -0.314. The van der Waals surface area contributed by atoms with Gasteiger partial charge in [0.05, 0.1) is 13.7 Å². The van der Waals surface area contributed by atoms with Crippen LogP contribution in [0.25, 0.3) is 6.08 Å². The SMILES string of the molecule is CCOc1ccc2c(c1OC)OC(C)(C)C=C2. The molecule has 0 spiro atoms. The maximum Gasteiger partial charge on any atom is 0.203 e. The van der Waals surface area contributed by atoms with Gasteiger partial charge in [0, 0.05) is 5.56 Å². The maximum absolute atomic E-state index is 5.94. The van der Waals surface area contributed by atoms with Gasteiger partial charge in [-0.1, -0.05) is 6.08 Å². The summed E-state index contributed by atoms with van der Waals surface area (Å²) in [5.41, 5.74) is 0.704. The van der Waals surface area contributed by atoms with Gasteiger partial charge in [-0.25, -0.2) is 0 Å². The molecule has 0 radical (unpaired) electrons. The highest BCUT2D eigenvalue weighted by molar-refractivity contribution is 5.68. The molecule has 0 bridgehead atoms. The molecule has 3 nitrogen and oxygen atoms in total. The second kappa shape index (κ2) is 4.32. The fourth-order valence-electron chi connectivity index (χ4n) is 1.85. The first-order valence-corrected chi connectivity index (χ1v) is 5.79. The highest BCUT2D eigenvalue weighted by atomic mass is 16.5. The first-order chi connectivity index (χ1) is 8.07. The number of hydrogen-bond acceptors (Lipinski definition) is 3. The molecule has 2 rings (SSSR count). The van der Waals surface area contributed by atoms with Gasteiger partial charge in [-0.2, -0.15) is 0 Å². The summed E-state index contributed by atoms with van der Waals surface area (Å²) in [5, 5.41) is 0. The van der Waals surface area contributed by atoms with Crippen LogP contribution in [0.2, 0.25) is 0 Å². The van der Waals surface area contributed by atoms with Gasteiger partial charge in [-0.05, 0) is 39.0 Å². The Morgan fingerprint density at radius 2 is 2.06 bits per heavy atom. The summed E-state index contributed by atoms with van der Waals surface area (Å²) in [6.45, 7) is 6.58. The van der Waals surface area contributed by atoms with Crippen LogP contribution in [0, 0.1) is 0 Å². The molecule has 0 fully saturated rings. The fraction of sp³-hybridized carbons (Fsp3) is 0.429. The van der Waals surface area contributed by atoms with Crippen LogP contribution < -0.4 is 14.2 Å². The zero-order valence-corrected chi connectivity index (χ0v) is 10.7. The molecule has 1 aromatic rings. The molecule has 0 aromatic heterocycles. The Bertz CT molecular complexity index is 447. The molecule has 3 heteroatoms. The first-order valence-electron chi connectivity index (χ1n) is 5.79. The van der Waals surface area contributed by atoms with Crippen molar-refractivity contribution < 1.29 is 14.2 Å². The lowest BCUT2D eigenvalue weighted by atomic mass is 10.0. The zero-order chi connectivity index (χ0) is 12.5. The predicted molar refractivity (Wildman–Crippen MR) is 67.9 cm³/mol. The Kier molecular flexibility index (Phi) is 3.01. The van der Waals surface area contributed by atoms with Crippen LogP contribution in [0.4, 0.5) is 0 Å². The largest absolute Gasteiger partial charge is 0.490 e. The van der Waals surface area contributed by atoms with E-state index in [0.29, 0.717) is 12.4 Å². The Labute approximate surface area is 102 Å². The summed E-state index contributed by atoms with van der Waals surface area (Å²) in [5.74, 6) is 2.15. The molecule has 0 aliphatic carbocycles. The van der Waals surface area contributed by atoms with Gasteiger partial charge < -0.3 is 14.2 Å². The van der Waals surface area contributed by atoms with E-state index in [0.717, 1.165) is 17.1 Å². The van der Waals surface area contributed by atoms with Gasteiger partial charge in [0.2, 0.25) is 5.75 Å². The van der Waals surface area contributed by atoms with Crippen LogP contribution >= 0.6 is 0 Å². The standard InChI is InChI=1S/C14H18O3/c1-5-16-11-7-6-10-8-9-14(2,3)17-12(10)13(11)15-4/h6-9H,5H2,1-4H3. The molecule has 0 saturated heterocycles. The Balaban J connectivity index is 2.50. The third-order valence-electron chi connectivity index (χ3n) is 2.64. The Morgan fingerprint density at radius 3 is 2.71 bits per heavy atom. The molecule has 0 N–H and O–H groups in total. The van der Waals surface area contributed by atoms with Crippen molar-refractivity contribution in [3.63, 3.8) is 0 Å². The van der Waals surface area contributed by atoms with Crippen LogP contribution in [0.5, 0.6) is 17.2 Å². The fourth-order valence-corrected chi connectivity index (χ4v) is 1.85. The maximum atomic E-state index is 5.94. The second-order valence-electron chi connectivity index (χ2n) is 4.49. The van der Waals surface area contributed by atoms with Crippen LogP contribution in [-0.2, 0) is 0 Å². The van der Waals surface area contributed by atoms with Gasteiger partial charge in [-0.15, -0.1) is 0 Å². The van der Waals surface area contributed by atoms with Crippen molar-refractivity contribution in [2.45, 2.75) is 26.4 Å². The zero-order valence-electron chi connectivity index (χ0n) is 10.7. The van der Waals surface area contributed by atoms with Crippen molar-refractivity contribution in [2.24, 2.45) is 0 Å². The quantitative estimate of drug-likeness (QED) is 0.803. The van der Waals surface area contributed by atoms with Crippen molar-refractivity contribution >= 4 is 6.08 Å². The van der Waals surface area contributed by atoms with Crippen molar-refractivity contribution in [1.82, 2.24) is 0 Å². The van der Waals surface area contributed by atoms with Gasteiger partial charge in [0.1, 0.15) is 5.60 Å². The summed E-state index contributed by atoms with van der Waals surface area (Å²) in [6, 6.07) is 3.89. The molecule has 1 aliphatic rings. The number of ether oxygens (including phenoxy) is 3. The third-order valence-corrected chi connectivity index (χ3v) is 2.64. The van der Waals surface area contributed by atoms with E-state index < -0.39 is 0 Å². The van der Waals surface area contributed by atoms with Gasteiger partial charge in [0.15, 0.2) is 11.5 Å². The van der Waals surface area contributed by atoms with E-state index in [1.54, 1.807) is 7.11 Å². The summed E-state index contributed by atoms with van der Waals surface area (Å²) in [4.78, 5) is 0. The van der Waals surface area contributed by atoms with Gasteiger partial charge >= 0.3 is 0 Å². The molecule has 1 aromatic carbocycles. The number of fused-ring (bicyclic) bond motifs is 1. The molecule has 92 valence electrons. The van der Waals surface area contributed by atoms with E-state index in [9.17, 15) is 0 Å². The van der Waals surface area contributed by atoms with Crippen LogP contribution in [0.3, 0.4) is 0 Å². The highest BCUT2D eigenvalue weighted by Gasteiger charge is 2.26. The summed E-state index contributed by atoms with van der Waals surface area (Å²) in [7, 11) is 1.63. The molecule has 0 unspecified atom stereocenters. The number of benzene rings is 1. The van der Waals surface area contributed by atoms with E-state index >= 15 is 0 Å². The van der Waals surface area contributed by atoms with E-state index in [1.807, 2.05) is 39.0 Å². The monoisotopic (exact) mass is 234 g/mol. The third kappa shape index (κ3) is 2.23. The molecule has 0 atom stereocenters. The molecular formula is C14H18O3. The van der Waals surface area contributed by atoms with Crippen molar-refractivity contribution in [2.75, 3.05) is 13.7 Å². The normalized spacial score (nSPS) is 16.0. The minimum Gasteiger partial charge on any atom is -0.490 e. The lowest BCUT2D eigenvalue weighted by molar-refractivity contribution is 0.150. The molecule has 0 amide bonds. The van der Waals surface area contributed by atoms with Crippen LogP contribution in [-0.4, -0.2) is 19.3 Å². The predicted octanol–water partition coefficient (Wildman–Crippen LogP) is 3.28. The average molecular weight is 234 g/mol. The van der Waals surface area contributed by atoms with E-state index in [1.165, 1.54) is 0 Å². The van der Waals surface area contributed by atoms with Crippen molar-refractivity contribution in [3.05, 3.63) is 23.8 Å². The number of hydrogen-bond donors (Lipinski definition) is 0. The lowest BCUT2D eigenvalue weighted by Crippen LogP contribution is -2.27. The molecule has 0 saturated carbocycles. The molecule has 1 aliphatic heterocycles. The smallest absolute Gasteiger partial charge is 0.203 e. The average Bonchev–Trinajstić information content (AvgIpc) is 2.28. The summed E-state index contributed by atoms with van der Waals surface area (Å²) >= 11 is 0. The van der Waals surface area contributed by atoms with Crippen LogP contribution in [0.1, 0.15) is 26.3 Å². The topological polar surface area (TPSA) is 27.7 Å². The van der Waals surface area contributed by atoms with Crippen molar-refractivity contribution in [3.8, 4) is 17.2 Å². The van der Waals surface area contributed by atoms with E-state index in [4.69, 9.17) is 14.2 Å². The molecule has 1 heterocycles. The van der Waals surface area contributed by atoms with Gasteiger partial charge in [-0.3, -0.25) is 0 Å². The lowest BCUT2D eigenvalue weighted by Gasteiger charge is -2.29. The Morgan fingerprint density at radius 1 is 1.29 bits per heavy atom. The van der Waals surface area contributed by atoms with Crippen molar-refractivity contribution in [1.29, 1.82) is 0 Å². The van der Waals surface area contributed by atoms with Crippen LogP contribution in [0.15, 0.2) is 18.2 Å².